The molecular formula is C23H29ClSi. The molecule has 0 heterocycles. The van der Waals surface area contributed by atoms with E-state index in [0.29, 0.717) is 0 Å². The standard InChI is InChI=1S/2C10H10.C3H9ClSi/c2*1-3-9-6-5-7-10(4-2)8-9;1-2-3-5-4/h2*3-8H,1-2H2;2-3,5H2,1H3. The third-order valence-electron chi connectivity index (χ3n) is 3.25. The summed E-state index contributed by atoms with van der Waals surface area (Å²) in [5.41, 5.74) is 4.55. The first-order valence-electron chi connectivity index (χ1n) is 8.40. The minimum atomic E-state index is -0.114. The van der Waals surface area contributed by atoms with Crippen molar-refractivity contribution in [2.75, 3.05) is 0 Å². The Kier molecular flexibility index (Phi) is 14.1. The molecule has 0 spiro atoms. The van der Waals surface area contributed by atoms with Crippen LogP contribution in [0.15, 0.2) is 74.8 Å². The number of benzene rings is 2. The molecule has 0 bridgehead atoms. The molecule has 2 aromatic rings. The van der Waals surface area contributed by atoms with Crippen molar-refractivity contribution in [1.82, 2.24) is 0 Å². The van der Waals surface area contributed by atoms with Crippen molar-refractivity contribution >= 4 is 44.2 Å². The summed E-state index contributed by atoms with van der Waals surface area (Å²) in [6.45, 7) is 16.9. The number of hydrogen-bond donors (Lipinski definition) is 0. The van der Waals surface area contributed by atoms with Gasteiger partial charge in [-0.1, -0.05) is 100 Å². The van der Waals surface area contributed by atoms with Gasteiger partial charge in [0.2, 0.25) is 0 Å². The quantitative estimate of drug-likeness (QED) is 0.377. The van der Waals surface area contributed by atoms with Crippen LogP contribution in [0.4, 0.5) is 0 Å². The van der Waals surface area contributed by atoms with E-state index in [-0.39, 0.29) is 8.83 Å². The molecule has 0 saturated carbocycles. The summed E-state index contributed by atoms with van der Waals surface area (Å²) in [6.07, 6.45) is 8.58. The van der Waals surface area contributed by atoms with Gasteiger partial charge in [-0.15, -0.1) is 0 Å². The summed E-state index contributed by atoms with van der Waals surface area (Å²) < 4.78 is 0. The lowest BCUT2D eigenvalue weighted by Crippen LogP contribution is -1.72. The second-order valence-corrected chi connectivity index (χ2v) is 7.42. The van der Waals surface area contributed by atoms with Crippen LogP contribution < -0.4 is 0 Å². The summed E-state index contributed by atoms with van der Waals surface area (Å²) in [6, 6.07) is 17.4. The van der Waals surface area contributed by atoms with Crippen LogP contribution in [0, 0.1) is 0 Å². The average molecular weight is 369 g/mol. The molecule has 0 atom stereocenters. The fourth-order valence-corrected chi connectivity index (χ4v) is 2.83. The Balaban J connectivity index is 0.000000368. The molecule has 0 aromatic heterocycles. The van der Waals surface area contributed by atoms with Gasteiger partial charge in [-0.05, 0) is 40.4 Å². The third-order valence-corrected chi connectivity index (χ3v) is 5.03. The van der Waals surface area contributed by atoms with Crippen molar-refractivity contribution < 1.29 is 0 Å². The molecule has 0 aliphatic heterocycles. The van der Waals surface area contributed by atoms with Crippen molar-refractivity contribution in [3.63, 3.8) is 0 Å². The minimum absolute atomic E-state index is 0.114. The van der Waals surface area contributed by atoms with Gasteiger partial charge in [-0.2, -0.15) is 11.1 Å². The maximum atomic E-state index is 5.44. The average Bonchev–Trinajstić information content (AvgIpc) is 2.69. The normalized spacial score (nSPS) is 9.20. The number of rotatable bonds is 6. The van der Waals surface area contributed by atoms with Crippen LogP contribution in [-0.4, -0.2) is 8.83 Å². The molecular weight excluding hydrogens is 340 g/mol. The third kappa shape index (κ3) is 11.1. The van der Waals surface area contributed by atoms with E-state index < -0.39 is 0 Å². The number of hydrogen-bond acceptors (Lipinski definition) is 0. The van der Waals surface area contributed by atoms with E-state index in [1.807, 2.05) is 72.8 Å². The zero-order valence-corrected chi connectivity index (χ0v) is 17.4. The van der Waals surface area contributed by atoms with E-state index in [1.165, 1.54) is 12.5 Å². The molecule has 2 heteroatoms. The first kappa shape index (κ1) is 22.9. The van der Waals surface area contributed by atoms with Crippen molar-refractivity contribution in [3.05, 3.63) is 97.1 Å². The van der Waals surface area contributed by atoms with Crippen molar-refractivity contribution in [2.24, 2.45) is 0 Å². The minimum Gasteiger partial charge on any atom is -0.176 e. The van der Waals surface area contributed by atoms with E-state index in [1.54, 1.807) is 0 Å². The van der Waals surface area contributed by atoms with Crippen LogP contribution in [0.1, 0.15) is 35.6 Å². The Hall–Kier alpha value is -2.09. The van der Waals surface area contributed by atoms with Crippen molar-refractivity contribution in [3.8, 4) is 0 Å². The molecule has 0 amide bonds. The molecule has 0 radical (unpaired) electrons. The Labute approximate surface area is 160 Å². The van der Waals surface area contributed by atoms with Gasteiger partial charge in [0.05, 0.1) is 0 Å². The molecule has 2 rings (SSSR count). The fourth-order valence-electron chi connectivity index (χ4n) is 1.76. The second-order valence-electron chi connectivity index (χ2n) is 5.20. The summed E-state index contributed by atoms with van der Waals surface area (Å²) in [5.74, 6) is 0. The van der Waals surface area contributed by atoms with E-state index in [4.69, 9.17) is 11.1 Å². The zero-order chi connectivity index (χ0) is 18.9. The molecule has 0 unspecified atom stereocenters. The zero-order valence-electron chi connectivity index (χ0n) is 15.3. The van der Waals surface area contributed by atoms with Crippen molar-refractivity contribution in [2.45, 2.75) is 19.4 Å². The van der Waals surface area contributed by atoms with Gasteiger partial charge >= 0.3 is 0 Å². The van der Waals surface area contributed by atoms with Crippen LogP contribution in [0.3, 0.4) is 0 Å². The Morgan fingerprint density at radius 1 is 0.760 bits per heavy atom. The lowest BCUT2D eigenvalue weighted by molar-refractivity contribution is 1.08. The lowest BCUT2D eigenvalue weighted by Gasteiger charge is -1.93. The monoisotopic (exact) mass is 368 g/mol. The molecule has 0 nitrogen and oxygen atoms in total. The molecule has 0 aliphatic rings. The maximum Gasteiger partial charge on any atom is 0.125 e. The van der Waals surface area contributed by atoms with Crippen LogP contribution in [0.5, 0.6) is 0 Å². The molecule has 0 saturated heterocycles. The molecule has 25 heavy (non-hydrogen) atoms. The topological polar surface area (TPSA) is 0 Å². The van der Waals surface area contributed by atoms with E-state index >= 15 is 0 Å². The SMILES string of the molecule is C=Cc1cccc(C=C)c1.C=Cc1cccc(C=C)c1.CCC[SiH2]Cl. The predicted molar refractivity (Wildman–Crippen MR) is 123 cm³/mol. The molecule has 132 valence electrons. The molecule has 0 aliphatic carbocycles. The summed E-state index contributed by atoms with van der Waals surface area (Å²) in [4.78, 5) is 0. The van der Waals surface area contributed by atoms with Gasteiger partial charge < -0.3 is 0 Å². The largest absolute Gasteiger partial charge is 0.176 e. The summed E-state index contributed by atoms with van der Waals surface area (Å²) in [5, 5.41) is 0. The van der Waals surface area contributed by atoms with Gasteiger partial charge in [-0.3, -0.25) is 0 Å². The van der Waals surface area contributed by atoms with E-state index in [9.17, 15) is 0 Å². The lowest BCUT2D eigenvalue weighted by atomic mass is 10.1. The van der Waals surface area contributed by atoms with Gasteiger partial charge in [0.1, 0.15) is 8.83 Å². The highest BCUT2D eigenvalue weighted by atomic mass is 35.6. The summed E-state index contributed by atoms with van der Waals surface area (Å²) in [7, 11) is -0.114. The first-order chi connectivity index (χ1) is 12.1. The Morgan fingerprint density at radius 2 is 1.08 bits per heavy atom. The molecule has 2 aromatic carbocycles. The predicted octanol–water partition coefficient (Wildman–Crippen LogP) is 7.08. The summed E-state index contributed by atoms with van der Waals surface area (Å²) >= 11 is 5.44. The van der Waals surface area contributed by atoms with Crippen LogP contribution in [0.2, 0.25) is 6.04 Å². The smallest absolute Gasteiger partial charge is 0.125 e. The van der Waals surface area contributed by atoms with Gasteiger partial charge in [-0.25, -0.2) is 0 Å². The Bertz CT molecular complexity index is 555. The van der Waals surface area contributed by atoms with E-state index in [2.05, 4.69) is 33.2 Å². The first-order valence-corrected chi connectivity index (χ1v) is 11.5. The van der Waals surface area contributed by atoms with Crippen molar-refractivity contribution in [1.29, 1.82) is 0 Å². The highest BCUT2D eigenvalue weighted by molar-refractivity contribution is 6.93. The Morgan fingerprint density at radius 3 is 1.24 bits per heavy atom. The van der Waals surface area contributed by atoms with Crippen LogP contribution in [0.25, 0.3) is 24.3 Å². The number of halogens is 1. The second kappa shape index (κ2) is 15.4. The highest BCUT2D eigenvalue weighted by Gasteiger charge is 1.86. The van der Waals surface area contributed by atoms with Gasteiger partial charge in [0.15, 0.2) is 0 Å². The van der Waals surface area contributed by atoms with Crippen LogP contribution >= 0.6 is 11.1 Å². The fraction of sp³-hybridized carbons (Fsp3) is 0.130. The van der Waals surface area contributed by atoms with Gasteiger partial charge in [0.25, 0.3) is 0 Å². The maximum absolute atomic E-state index is 5.44. The van der Waals surface area contributed by atoms with Gasteiger partial charge in [0, 0.05) is 0 Å². The van der Waals surface area contributed by atoms with E-state index in [0.717, 1.165) is 22.3 Å². The molecule has 0 fully saturated rings. The van der Waals surface area contributed by atoms with Crippen LogP contribution in [-0.2, 0) is 0 Å². The molecule has 0 N–H and O–H groups in total. The highest BCUT2D eigenvalue weighted by Crippen LogP contribution is 2.07.